The minimum atomic E-state index is 0.0529. The van der Waals surface area contributed by atoms with Crippen molar-refractivity contribution in [1.82, 2.24) is 4.90 Å². The maximum absolute atomic E-state index is 6.06. The first-order chi connectivity index (χ1) is 9.05. The Morgan fingerprint density at radius 3 is 2.68 bits per heavy atom. The van der Waals surface area contributed by atoms with E-state index in [0.717, 1.165) is 31.0 Å². The summed E-state index contributed by atoms with van der Waals surface area (Å²) in [5, 5.41) is 0.777. The van der Waals surface area contributed by atoms with Gasteiger partial charge in [0.15, 0.2) is 0 Å². The number of ether oxygens (including phenoxy) is 1. The van der Waals surface area contributed by atoms with Gasteiger partial charge >= 0.3 is 0 Å². The number of benzene rings is 1. The molecule has 0 aliphatic carbocycles. The number of likely N-dealkylation sites (N-methyl/N-ethyl adjacent to an activating group) is 1. The molecule has 0 radical (unpaired) electrons. The van der Waals surface area contributed by atoms with Gasteiger partial charge in [-0.15, -0.1) is 0 Å². The van der Waals surface area contributed by atoms with E-state index in [-0.39, 0.29) is 11.6 Å². The highest BCUT2D eigenvalue weighted by Crippen LogP contribution is 2.30. The predicted octanol–water partition coefficient (Wildman–Crippen LogP) is 2.67. The fourth-order valence-electron chi connectivity index (χ4n) is 2.87. The highest BCUT2D eigenvalue weighted by atomic mass is 35.5. The van der Waals surface area contributed by atoms with E-state index in [4.69, 9.17) is 22.1 Å². The molecule has 1 aliphatic rings. The summed E-state index contributed by atoms with van der Waals surface area (Å²) in [6.07, 6.45) is 2.27. The van der Waals surface area contributed by atoms with Gasteiger partial charge in [0.1, 0.15) is 0 Å². The molecule has 2 atom stereocenters. The third kappa shape index (κ3) is 3.48. The highest BCUT2D eigenvalue weighted by molar-refractivity contribution is 6.30. The van der Waals surface area contributed by atoms with Crippen LogP contribution in [0.3, 0.4) is 0 Å². The molecule has 1 fully saturated rings. The van der Waals surface area contributed by atoms with Crippen molar-refractivity contribution in [2.24, 2.45) is 5.73 Å². The van der Waals surface area contributed by atoms with Crippen LogP contribution in [0.15, 0.2) is 24.3 Å². The van der Waals surface area contributed by atoms with Gasteiger partial charge in [0, 0.05) is 30.3 Å². The second kappa shape index (κ2) is 6.23. The monoisotopic (exact) mass is 282 g/mol. The van der Waals surface area contributed by atoms with Crippen LogP contribution in [0, 0.1) is 0 Å². The van der Waals surface area contributed by atoms with E-state index in [2.05, 4.69) is 31.0 Å². The summed E-state index contributed by atoms with van der Waals surface area (Å²) in [7, 11) is 2.15. The van der Waals surface area contributed by atoms with Crippen LogP contribution in [0.4, 0.5) is 0 Å². The molecule has 4 heteroatoms. The molecule has 3 nitrogen and oxygen atoms in total. The number of hydrogen-bond donors (Lipinski definition) is 1. The van der Waals surface area contributed by atoms with E-state index < -0.39 is 0 Å². The molecule has 0 bridgehead atoms. The number of nitrogens with zero attached hydrogens (tertiary/aromatic N) is 1. The van der Waals surface area contributed by atoms with Crippen LogP contribution < -0.4 is 5.73 Å². The SMILES string of the molecule is CC1CC(CN)(N(C)Cc2ccc(Cl)cc2)CCO1. The molecule has 2 rings (SSSR count). The Kier molecular flexibility index (Phi) is 4.85. The molecule has 1 aromatic rings. The average molecular weight is 283 g/mol. The lowest BCUT2D eigenvalue weighted by Crippen LogP contribution is -2.56. The van der Waals surface area contributed by atoms with E-state index >= 15 is 0 Å². The molecule has 106 valence electrons. The molecule has 1 aromatic carbocycles. The second-order valence-corrected chi connectivity index (χ2v) is 5.98. The molecule has 1 heterocycles. The van der Waals surface area contributed by atoms with Crippen LogP contribution in [0.1, 0.15) is 25.3 Å². The Morgan fingerprint density at radius 2 is 2.11 bits per heavy atom. The normalized spacial score (nSPS) is 27.7. The maximum atomic E-state index is 6.06. The molecule has 2 unspecified atom stereocenters. The zero-order valence-electron chi connectivity index (χ0n) is 11.7. The lowest BCUT2D eigenvalue weighted by atomic mass is 9.85. The molecular weight excluding hydrogens is 260 g/mol. The first-order valence-corrected chi connectivity index (χ1v) is 7.21. The summed E-state index contributed by atoms with van der Waals surface area (Å²) in [6.45, 7) is 4.48. The molecule has 0 amide bonds. The zero-order valence-corrected chi connectivity index (χ0v) is 12.5. The Bertz CT molecular complexity index is 409. The van der Waals surface area contributed by atoms with Crippen molar-refractivity contribution in [2.45, 2.75) is 38.0 Å². The minimum Gasteiger partial charge on any atom is -0.378 e. The summed E-state index contributed by atoms with van der Waals surface area (Å²) >= 11 is 5.92. The summed E-state index contributed by atoms with van der Waals surface area (Å²) in [4.78, 5) is 2.37. The minimum absolute atomic E-state index is 0.0529. The van der Waals surface area contributed by atoms with E-state index in [1.54, 1.807) is 0 Å². The Hall–Kier alpha value is -0.610. The van der Waals surface area contributed by atoms with Gasteiger partial charge in [-0.05, 0) is 44.5 Å². The molecule has 19 heavy (non-hydrogen) atoms. The Labute approximate surface area is 120 Å². The lowest BCUT2D eigenvalue weighted by molar-refractivity contribution is -0.0584. The smallest absolute Gasteiger partial charge is 0.0565 e. The first kappa shape index (κ1) is 14.8. The molecule has 2 N–H and O–H groups in total. The number of halogens is 1. The number of nitrogens with two attached hydrogens (primary N) is 1. The predicted molar refractivity (Wildman–Crippen MR) is 79.4 cm³/mol. The van der Waals surface area contributed by atoms with Gasteiger partial charge in [-0.25, -0.2) is 0 Å². The molecular formula is C15H23ClN2O. The fourth-order valence-corrected chi connectivity index (χ4v) is 2.99. The van der Waals surface area contributed by atoms with Crippen molar-refractivity contribution in [3.8, 4) is 0 Å². The van der Waals surface area contributed by atoms with Gasteiger partial charge in [0.05, 0.1) is 6.10 Å². The Morgan fingerprint density at radius 1 is 1.42 bits per heavy atom. The van der Waals surface area contributed by atoms with Crippen molar-refractivity contribution in [1.29, 1.82) is 0 Å². The van der Waals surface area contributed by atoms with Gasteiger partial charge in [0.2, 0.25) is 0 Å². The summed E-state index contributed by atoms with van der Waals surface area (Å²) in [5.74, 6) is 0. The molecule has 1 aliphatic heterocycles. The largest absolute Gasteiger partial charge is 0.378 e. The molecule has 1 saturated heterocycles. The van der Waals surface area contributed by atoms with Gasteiger partial charge in [0.25, 0.3) is 0 Å². The third-order valence-corrected chi connectivity index (χ3v) is 4.41. The summed E-state index contributed by atoms with van der Waals surface area (Å²) < 4.78 is 5.65. The number of hydrogen-bond acceptors (Lipinski definition) is 3. The third-order valence-electron chi connectivity index (χ3n) is 4.16. The summed E-state index contributed by atoms with van der Waals surface area (Å²) in [6, 6.07) is 8.02. The number of rotatable bonds is 4. The lowest BCUT2D eigenvalue weighted by Gasteiger charge is -2.46. The van der Waals surface area contributed by atoms with E-state index in [9.17, 15) is 0 Å². The zero-order chi connectivity index (χ0) is 13.9. The summed E-state index contributed by atoms with van der Waals surface area (Å²) in [5.41, 5.74) is 7.38. The van der Waals surface area contributed by atoms with Crippen LogP contribution in [0.25, 0.3) is 0 Å². The van der Waals surface area contributed by atoms with Gasteiger partial charge in [-0.1, -0.05) is 23.7 Å². The first-order valence-electron chi connectivity index (χ1n) is 6.83. The van der Waals surface area contributed by atoms with E-state index in [1.165, 1.54) is 5.56 Å². The van der Waals surface area contributed by atoms with Crippen molar-refractivity contribution < 1.29 is 4.74 Å². The van der Waals surface area contributed by atoms with Crippen LogP contribution in [-0.4, -0.2) is 36.7 Å². The van der Waals surface area contributed by atoms with E-state index in [1.807, 2.05) is 12.1 Å². The van der Waals surface area contributed by atoms with E-state index in [0.29, 0.717) is 6.54 Å². The van der Waals surface area contributed by atoms with Gasteiger partial charge < -0.3 is 10.5 Å². The molecule has 0 saturated carbocycles. The Balaban J connectivity index is 2.08. The highest BCUT2D eigenvalue weighted by Gasteiger charge is 2.37. The molecule has 0 aromatic heterocycles. The van der Waals surface area contributed by atoms with Crippen LogP contribution in [-0.2, 0) is 11.3 Å². The maximum Gasteiger partial charge on any atom is 0.0565 e. The quantitative estimate of drug-likeness (QED) is 0.923. The van der Waals surface area contributed by atoms with Crippen molar-refractivity contribution in [3.05, 3.63) is 34.9 Å². The van der Waals surface area contributed by atoms with Crippen molar-refractivity contribution >= 4 is 11.6 Å². The van der Waals surface area contributed by atoms with Crippen LogP contribution in [0.5, 0.6) is 0 Å². The second-order valence-electron chi connectivity index (χ2n) is 5.55. The van der Waals surface area contributed by atoms with Crippen molar-refractivity contribution in [2.75, 3.05) is 20.2 Å². The fraction of sp³-hybridized carbons (Fsp3) is 0.600. The van der Waals surface area contributed by atoms with Crippen molar-refractivity contribution in [3.63, 3.8) is 0 Å². The average Bonchev–Trinajstić information content (AvgIpc) is 2.41. The van der Waals surface area contributed by atoms with Crippen LogP contribution in [0.2, 0.25) is 5.02 Å². The van der Waals surface area contributed by atoms with Gasteiger partial charge in [-0.3, -0.25) is 4.90 Å². The molecule has 0 spiro atoms. The standard InChI is InChI=1S/C15H23ClN2O/c1-12-9-15(11-17,7-8-19-12)18(2)10-13-3-5-14(16)6-4-13/h3-6,12H,7-11,17H2,1-2H3. The van der Waals surface area contributed by atoms with Gasteiger partial charge in [-0.2, -0.15) is 0 Å². The topological polar surface area (TPSA) is 38.5 Å². The van der Waals surface area contributed by atoms with Crippen LogP contribution >= 0.6 is 11.6 Å².